The molecular weight excluding hydrogens is 292 g/mol. The fraction of sp³-hybridized carbons (Fsp3) is 0.429. The van der Waals surface area contributed by atoms with Gasteiger partial charge in [0.05, 0.1) is 12.6 Å². The number of fused-ring (bicyclic) bond motifs is 1. The Morgan fingerprint density at radius 1 is 1.39 bits per heavy atom. The van der Waals surface area contributed by atoms with Gasteiger partial charge in [0, 0.05) is 28.6 Å². The summed E-state index contributed by atoms with van der Waals surface area (Å²) in [5.41, 5.74) is 3.73. The average Bonchev–Trinajstić information content (AvgIpc) is 2.61. The van der Waals surface area contributed by atoms with Gasteiger partial charge in [0.1, 0.15) is 5.75 Å². The van der Waals surface area contributed by atoms with E-state index in [1.54, 1.807) is 7.11 Å². The quantitative estimate of drug-likeness (QED) is 0.938. The number of benzene rings is 1. The molecule has 2 rings (SSSR count). The van der Waals surface area contributed by atoms with Crippen molar-refractivity contribution in [1.82, 2.24) is 9.88 Å². The highest BCUT2D eigenvalue weighted by Crippen LogP contribution is 2.37. The van der Waals surface area contributed by atoms with Crippen LogP contribution in [0, 0.1) is 6.92 Å². The summed E-state index contributed by atoms with van der Waals surface area (Å²) >= 11 is 3.73. The Morgan fingerprint density at radius 3 is 2.61 bits per heavy atom. The first-order chi connectivity index (χ1) is 8.51. The van der Waals surface area contributed by atoms with Crippen LogP contribution in [0.15, 0.2) is 16.6 Å². The number of aryl methyl sites for hydroxylation is 2. The molecule has 0 radical (unpaired) electrons. The monoisotopic (exact) mass is 310 g/mol. The Bertz CT molecular complexity index is 589. The zero-order chi connectivity index (χ0) is 13.4. The van der Waals surface area contributed by atoms with E-state index in [0.717, 1.165) is 10.2 Å². The van der Waals surface area contributed by atoms with Gasteiger partial charge in [0.2, 0.25) is 0 Å². The lowest BCUT2D eigenvalue weighted by Crippen LogP contribution is -2.16. The summed E-state index contributed by atoms with van der Waals surface area (Å²) in [6.45, 7) is 4.27. The molecule has 0 aliphatic rings. The molecule has 1 heterocycles. The zero-order valence-electron chi connectivity index (χ0n) is 11.5. The summed E-state index contributed by atoms with van der Waals surface area (Å²) in [6.07, 6.45) is 0. The molecule has 1 aromatic heterocycles. The molecule has 4 heteroatoms. The lowest BCUT2D eigenvalue weighted by atomic mass is 10.1. The van der Waals surface area contributed by atoms with Gasteiger partial charge in [-0.15, -0.1) is 0 Å². The SMILES string of the molecule is CNC(C)c1c(Br)c2cc(OC)cc(C)c2n1C. The first kappa shape index (κ1) is 13.4. The Balaban J connectivity index is 2.81. The highest BCUT2D eigenvalue weighted by Gasteiger charge is 2.19. The molecule has 1 aromatic carbocycles. The van der Waals surface area contributed by atoms with E-state index in [2.05, 4.69) is 58.8 Å². The van der Waals surface area contributed by atoms with Gasteiger partial charge in [-0.1, -0.05) is 0 Å². The van der Waals surface area contributed by atoms with Crippen LogP contribution in [0.5, 0.6) is 5.75 Å². The maximum Gasteiger partial charge on any atom is 0.119 e. The molecule has 2 aromatic rings. The van der Waals surface area contributed by atoms with Crippen LogP contribution in [-0.2, 0) is 7.05 Å². The lowest BCUT2D eigenvalue weighted by Gasteiger charge is -2.13. The summed E-state index contributed by atoms with van der Waals surface area (Å²) in [7, 11) is 5.78. The summed E-state index contributed by atoms with van der Waals surface area (Å²) < 4.78 is 8.74. The summed E-state index contributed by atoms with van der Waals surface area (Å²) in [5, 5.41) is 4.49. The van der Waals surface area contributed by atoms with Crippen LogP contribution in [0.25, 0.3) is 10.9 Å². The van der Waals surface area contributed by atoms with Crippen molar-refractivity contribution in [1.29, 1.82) is 0 Å². The van der Waals surface area contributed by atoms with Crippen LogP contribution in [0.2, 0.25) is 0 Å². The number of ether oxygens (including phenoxy) is 1. The molecule has 0 aliphatic carbocycles. The van der Waals surface area contributed by atoms with E-state index in [-0.39, 0.29) is 0 Å². The molecule has 3 nitrogen and oxygen atoms in total. The van der Waals surface area contributed by atoms with E-state index >= 15 is 0 Å². The van der Waals surface area contributed by atoms with E-state index in [9.17, 15) is 0 Å². The second-order valence-electron chi connectivity index (χ2n) is 4.61. The second-order valence-corrected chi connectivity index (χ2v) is 5.40. The Labute approximate surface area is 116 Å². The molecule has 0 bridgehead atoms. The zero-order valence-corrected chi connectivity index (χ0v) is 13.1. The van der Waals surface area contributed by atoms with Crippen molar-refractivity contribution in [2.45, 2.75) is 19.9 Å². The number of hydrogen-bond acceptors (Lipinski definition) is 2. The summed E-state index contributed by atoms with van der Waals surface area (Å²) in [5.74, 6) is 0.898. The number of nitrogens with one attached hydrogen (secondary N) is 1. The van der Waals surface area contributed by atoms with Crippen molar-refractivity contribution in [3.05, 3.63) is 27.9 Å². The first-order valence-corrected chi connectivity index (χ1v) is 6.80. The van der Waals surface area contributed by atoms with Gasteiger partial charge in [-0.2, -0.15) is 0 Å². The molecule has 0 fully saturated rings. The fourth-order valence-electron chi connectivity index (χ4n) is 2.50. The Morgan fingerprint density at radius 2 is 2.06 bits per heavy atom. The molecule has 1 N–H and O–H groups in total. The van der Waals surface area contributed by atoms with E-state index in [0.29, 0.717) is 6.04 Å². The van der Waals surface area contributed by atoms with E-state index < -0.39 is 0 Å². The minimum absolute atomic E-state index is 0.294. The van der Waals surface area contributed by atoms with Crippen LogP contribution >= 0.6 is 15.9 Å². The van der Waals surface area contributed by atoms with Crippen molar-refractivity contribution in [2.24, 2.45) is 7.05 Å². The maximum absolute atomic E-state index is 5.35. The normalized spacial score (nSPS) is 13.0. The van der Waals surface area contributed by atoms with Crippen molar-refractivity contribution in [3.8, 4) is 5.75 Å². The van der Waals surface area contributed by atoms with Gasteiger partial charge in [-0.05, 0) is 54.5 Å². The number of halogens is 1. The van der Waals surface area contributed by atoms with Gasteiger partial charge in [-0.25, -0.2) is 0 Å². The number of hydrogen-bond donors (Lipinski definition) is 1. The van der Waals surface area contributed by atoms with E-state index in [1.165, 1.54) is 22.2 Å². The predicted molar refractivity (Wildman–Crippen MR) is 79.4 cm³/mol. The van der Waals surface area contributed by atoms with E-state index in [4.69, 9.17) is 4.74 Å². The number of nitrogens with zero attached hydrogens (tertiary/aromatic N) is 1. The Hall–Kier alpha value is -1.00. The topological polar surface area (TPSA) is 26.2 Å². The molecule has 18 heavy (non-hydrogen) atoms. The van der Waals surface area contributed by atoms with Crippen LogP contribution in [0.1, 0.15) is 24.2 Å². The van der Waals surface area contributed by atoms with Crippen LogP contribution in [0.3, 0.4) is 0 Å². The molecule has 1 unspecified atom stereocenters. The molecule has 0 saturated heterocycles. The van der Waals surface area contributed by atoms with Crippen molar-refractivity contribution < 1.29 is 4.74 Å². The third-order valence-corrected chi connectivity index (χ3v) is 4.34. The lowest BCUT2D eigenvalue weighted by molar-refractivity contribution is 0.415. The Kier molecular flexibility index (Phi) is 3.69. The van der Waals surface area contributed by atoms with Crippen molar-refractivity contribution >= 4 is 26.8 Å². The van der Waals surface area contributed by atoms with Crippen LogP contribution in [-0.4, -0.2) is 18.7 Å². The van der Waals surface area contributed by atoms with Crippen molar-refractivity contribution in [2.75, 3.05) is 14.2 Å². The summed E-state index contributed by atoms with van der Waals surface area (Å²) in [6, 6.07) is 4.45. The predicted octanol–water partition coefficient (Wildman–Crippen LogP) is 3.54. The largest absolute Gasteiger partial charge is 0.497 e. The van der Waals surface area contributed by atoms with Gasteiger partial charge in [-0.3, -0.25) is 0 Å². The van der Waals surface area contributed by atoms with Crippen LogP contribution in [0.4, 0.5) is 0 Å². The summed E-state index contributed by atoms with van der Waals surface area (Å²) in [4.78, 5) is 0. The molecule has 1 atom stereocenters. The van der Waals surface area contributed by atoms with Gasteiger partial charge < -0.3 is 14.6 Å². The number of aromatic nitrogens is 1. The van der Waals surface area contributed by atoms with E-state index in [1.807, 2.05) is 7.05 Å². The standard InChI is InChI=1S/C14H19BrN2O/c1-8-6-10(18-5)7-11-12(15)14(9(2)16-3)17(4)13(8)11/h6-7,9,16H,1-5H3. The average molecular weight is 311 g/mol. The molecule has 0 saturated carbocycles. The van der Waals surface area contributed by atoms with Gasteiger partial charge in [0.15, 0.2) is 0 Å². The minimum atomic E-state index is 0.294. The molecule has 0 spiro atoms. The molecule has 0 amide bonds. The second kappa shape index (κ2) is 4.94. The maximum atomic E-state index is 5.35. The highest BCUT2D eigenvalue weighted by molar-refractivity contribution is 9.10. The first-order valence-electron chi connectivity index (χ1n) is 6.01. The van der Waals surface area contributed by atoms with Gasteiger partial charge >= 0.3 is 0 Å². The van der Waals surface area contributed by atoms with Crippen LogP contribution < -0.4 is 10.1 Å². The van der Waals surface area contributed by atoms with Gasteiger partial charge in [0.25, 0.3) is 0 Å². The molecule has 0 aliphatic heterocycles. The third-order valence-electron chi connectivity index (χ3n) is 3.51. The third kappa shape index (κ3) is 1.93. The number of methoxy groups -OCH3 is 1. The molecule has 98 valence electrons. The van der Waals surface area contributed by atoms with Crippen molar-refractivity contribution in [3.63, 3.8) is 0 Å². The fourth-order valence-corrected chi connectivity index (χ4v) is 3.41. The number of rotatable bonds is 3. The molecular formula is C14H19BrN2O. The highest BCUT2D eigenvalue weighted by atomic mass is 79.9. The minimum Gasteiger partial charge on any atom is -0.497 e. The smallest absolute Gasteiger partial charge is 0.119 e.